The Labute approximate surface area is 125 Å². The molecule has 1 heterocycles. The van der Waals surface area contributed by atoms with Crippen LogP contribution in [0.15, 0.2) is 35.4 Å². The van der Waals surface area contributed by atoms with E-state index in [1.165, 1.54) is 10.5 Å². The van der Waals surface area contributed by atoms with E-state index in [4.69, 9.17) is 5.73 Å². The number of para-hydroxylation sites is 1. The second-order valence-electron chi connectivity index (χ2n) is 5.20. The molecule has 0 aliphatic heterocycles. The van der Waals surface area contributed by atoms with Crippen LogP contribution in [0.3, 0.4) is 0 Å². The number of nitrogens with zero attached hydrogens (tertiary/aromatic N) is 2. The third-order valence-electron chi connectivity index (χ3n) is 3.33. The molecule has 0 aliphatic carbocycles. The van der Waals surface area contributed by atoms with Gasteiger partial charge >= 0.3 is 0 Å². The zero-order valence-corrected chi connectivity index (χ0v) is 13.2. The van der Waals surface area contributed by atoms with Gasteiger partial charge in [0.25, 0.3) is 0 Å². The van der Waals surface area contributed by atoms with Gasteiger partial charge in [-0.1, -0.05) is 18.2 Å². The number of hydrogen-bond acceptors (Lipinski definition) is 4. The van der Waals surface area contributed by atoms with Gasteiger partial charge < -0.3 is 5.73 Å². The Morgan fingerprint density at radius 3 is 2.52 bits per heavy atom. The van der Waals surface area contributed by atoms with Gasteiger partial charge in [0, 0.05) is 18.3 Å². The Kier molecular flexibility index (Phi) is 4.34. The van der Waals surface area contributed by atoms with Crippen molar-refractivity contribution in [2.75, 3.05) is 5.73 Å². The fourth-order valence-corrected chi connectivity index (χ4v) is 3.85. The number of rotatable bonds is 5. The lowest BCUT2D eigenvalue weighted by Crippen LogP contribution is -2.36. The van der Waals surface area contributed by atoms with Crippen LogP contribution in [0, 0.1) is 6.92 Å². The third kappa shape index (κ3) is 3.08. The van der Waals surface area contributed by atoms with Gasteiger partial charge in [0.15, 0.2) is 0 Å². The smallest absolute Gasteiger partial charge is 0.246 e. The van der Waals surface area contributed by atoms with Crippen LogP contribution in [0.1, 0.15) is 25.1 Å². The summed E-state index contributed by atoms with van der Waals surface area (Å²) in [6, 6.07) is 7.09. The minimum Gasteiger partial charge on any atom is -0.398 e. The van der Waals surface area contributed by atoms with Crippen LogP contribution < -0.4 is 5.73 Å². The van der Waals surface area contributed by atoms with E-state index in [1.807, 2.05) is 32.0 Å². The molecule has 7 heteroatoms. The molecule has 1 aromatic carbocycles. The predicted octanol–water partition coefficient (Wildman–Crippen LogP) is 1.90. The van der Waals surface area contributed by atoms with Crippen molar-refractivity contribution < 1.29 is 8.42 Å². The molecule has 0 saturated carbocycles. The maximum absolute atomic E-state index is 12.8. The van der Waals surface area contributed by atoms with Crippen molar-refractivity contribution in [2.24, 2.45) is 0 Å². The molecular weight excluding hydrogens is 288 g/mol. The average molecular weight is 308 g/mol. The highest BCUT2D eigenvalue weighted by molar-refractivity contribution is 7.89. The first-order chi connectivity index (χ1) is 9.84. The van der Waals surface area contributed by atoms with E-state index < -0.39 is 10.0 Å². The van der Waals surface area contributed by atoms with E-state index in [2.05, 4.69) is 10.2 Å². The van der Waals surface area contributed by atoms with Crippen LogP contribution >= 0.6 is 0 Å². The van der Waals surface area contributed by atoms with Crippen molar-refractivity contribution in [1.29, 1.82) is 0 Å². The summed E-state index contributed by atoms with van der Waals surface area (Å²) in [5, 5.41) is 6.46. The Morgan fingerprint density at radius 2 is 2.00 bits per heavy atom. The molecule has 0 fully saturated rings. The van der Waals surface area contributed by atoms with Gasteiger partial charge in [-0.15, -0.1) is 0 Å². The van der Waals surface area contributed by atoms with Gasteiger partial charge in [-0.05, 0) is 32.4 Å². The topological polar surface area (TPSA) is 92.1 Å². The van der Waals surface area contributed by atoms with E-state index in [1.54, 1.807) is 13.0 Å². The lowest BCUT2D eigenvalue weighted by Gasteiger charge is -2.26. The van der Waals surface area contributed by atoms with Crippen LogP contribution in [0.4, 0.5) is 5.69 Å². The average Bonchev–Trinajstić information content (AvgIpc) is 2.84. The second-order valence-corrected chi connectivity index (χ2v) is 7.06. The first-order valence-corrected chi connectivity index (χ1v) is 8.13. The molecule has 0 bridgehead atoms. The fraction of sp³-hybridized carbons (Fsp3) is 0.357. The highest BCUT2D eigenvalue weighted by Gasteiger charge is 2.29. The van der Waals surface area contributed by atoms with Crippen LogP contribution in [0.2, 0.25) is 0 Å². The molecule has 3 N–H and O–H groups in total. The van der Waals surface area contributed by atoms with Gasteiger partial charge in [-0.2, -0.15) is 9.40 Å². The van der Waals surface area contributed by atoms with Crippen LogP contribution in [-0.4, -0.2) is 29.0 Å². The molecule has 0 unspecified atom stereocenters. The first-order valence-electron chi connectivity index (χ1n) is 6.69. The Hall–Kier alpha value is -1.86. The minimum absolute atomic E-state index is 0.191. The number of nitrogen functional groups attached to an aromatic ring is 1. The number of anilines is 1. The van der Waals surface area contributed by atoms with Gasteiger partial charge in [0.2, 0.25) is 10.0 Å². The number of nitrogens with two attached hydrogens (primary N) is 1. The molecule has 0 amide bonds. The van der Waals surface area contributed by atoms with Crippen LogP contribution in [0.25, 0.3) is 0 Å². The number of aryl methyl sites for hydroxylation is 1. The van der Waals surface area contributed by atoms with E-state index >= 15 is 0 Å². The first kappa shape index (κ1) is 15.5. The molecule has 6 nitrogen and oxygen atoms in total. The molecular formula is C14H20N4O2S. The second kappa shape index (κ2) is 5.87. The Balaban J connectivity index is 2.41. The van der Waals surface area contributed by atoms with Crippen molar-refractivity contribution in [2.45, 2.75) is 38.3 Å². The monoisotopic (exact) mass is 308 g/mol. The molecule has 1 aromatic heterocycles. The number of sulfonamides is 1. The van der Waals surface area contributed by atoms with E-state index in [0.717, 1.165) is 5.56 Å². The number of nitrogens with one attached hydrogen (secondary N) is 1. The molecule has 2 rings (SSSR count). The van der Waals surface area contributed by atoms with Gasteiger partial charge in [-0.25, -0.2) is 8.42 Å². The van der Waals surface area contributed by atoms with E-state index in [-0.39, 0.29) is 17.5 Å². The quantitative estimate of drug-likeness (QED) is 0.825. The number of benzene rings is 1. The van der Waals surface area contributed by atoms with E-state index in [0.29, 0.717) is 11.4 Å². The Bertz CT molecular complexity index is 722. The highest BCUT2D eigenvalue weighted by atomic mass is 32.2. The molecule has 0 atom stereocenters. The molecule has 0 spiro atoms. The normalized spacial score (nSPS) is 12.2. The number of H-pyrrole nitrogens is 1. The standard InChI is InChI=1S/C14H20N4O2S/c1-10(2)18(9-12-6-4-5-7-13(12)15)21(19,20)14-8-16-17-11(14)3/h4-8,10H,9,15H2,1-3H3,(H,16,17). The molecule has 2 aromatic rings. The van der Waals surface area contributed by atoms with Gasteiger partial charge in [0.1, 0.15) is 4.90 Å². The zero-order valence-electron chi connectivity index (χ0n) is 12.4. The summed E-state index contributed by atoms with van der Waals surface area (Å²) in [6.07, 6.45) is 1.34. The number of aromatic amines is 1. The largest absolute Gasteiger partial charge is 0.398 e. The summed E-state index contributed by atoms with van der Waals surface area (Å²) in [7, 11) is -3.62. The lowest BCUT2D eigenvalue weighted by atomic mass is 10.2. The molecule has 114 valence electrons. The third-order valence-corrected chi connectivity index (χ3v) is 5.46. The number of aromatic nitrogens is 2. The van der Waals surface area contributed by atoms with Crippen molar-refractivity contribution in [1.82, 2.24) is 14.5 Å². The molecule has 0 saturated heterocycles. The number of hydrogen-bond donors (Lipinski definition) is 2. The fourth-order valence-electron chi connectivity index (χ4n) is 2.12. The molecule has 21 heavy (non-hydrogen) atoms. The Morgan fingerprint density at radius 1 is 1.33 bits per heavy atom. The maximum Gasteiger partial charge on any atom is 0.246 e. The zero-order chi connectivity index (χ0) is 15.6. The van der Waals surface area contributed by atoms with Crippen molar-refractivity contribution in [3.63, 3.8) is 0 Å². The summed E-state index contributed by atoms with van der Waals surface area (Å²) < 4.78 is 27.0. The van der Waals surface area contributed by atoms with Gasteiger partial charge in [0.05, 0.1) is 11.9 Å². The van der Waals surface area contributed by atoms with Crippen LogP contribution in [0.5, 0.6) is 0 Å². The summed E-state index contributed by atoms with van der Waals surface area (Å²) in [5.74, 6) is 0. The van der Waals surface area contributed by atoms with E-state index in [9.17, 15) is 8.42 Å². The van der Waals surface area contributed by atoms with Crippen molar-refractivity contribution in [3.05, 3.63) is 41.7 Å². The predicted molar refractivity (Wildman–Crippen MR) is 82.0 cm³/mol. The van der Waals surface area contributed by atoms with Crippen molar-refractivity contribution >= 4 is 15.7 Å². The lowest BCUT2D eigenvalue weighted by molar-refractivity contribution is 0.348. The minimum atomic E-state index is -3.62. The molecule has 0 aliphatic rings. The summed E-state index contributed by atoms with van der Waals surface area (Å²) >= 11 is 0. The maximum atomic E-state index is 12.8. The SMILES string of the molecule is Cc1[nH]ncc1S(=O)(=O)N(Cc1ccccc1N)C(C)C. The van der Waals surface area contributed by atoms with Gasteiger partial charge in [-0.3, -0.25) is 5.10 Å². The highest BCUT2D eigenvalue weighted by Crippen LogP contribution is 2.24. The summed E-state index contributed by atoms with van der Waals surface area (Å²) in [4.78, 5) is 0.200. The summed E-state index contributed by atoms with van der Waals surface area (Å²) in [5.41, 5.74) is 7.82. The molecule has 0 radical (unpaired) electrons. The summed E-state index contributed by atoms with van der Waals surface area (Å²) in [6.45, 7) is 5.60. The van der Waals surface area contributed by atoms with Crippen LogP contribution in [-0.2, 0) is 16.6 Å². The van der Waals surface area contributed by atoms with Crippen molar-refractivity contribution in [3.8, 4) is 0 Å².